The number of benzene rings is 5. The van der Waals surface area contributed by atoms with Crippen molar-refractivity contribution >= 4 is 35.0 Å². The van der Waals surface area contributed by atoms with Gasteiger partial charge < -0.3 is 30.0 Å². The summed E-state index contributed by atoms with van der Waals surface area (Å²) in [6, 6.07) is 46.6. The average molecular weight is 762 g/mol. The highest BCUT2D eigenvalue weighted by molar-refractivity contribution is 6.04. The lowest BCUT2D eigenvalue weighted by Gasteiger charge is -2.33. The molecule has 0 saturated carbocycles. The standard InChI is InChI=1S/C47H47N5O5/c53-45(50-38-18-11-17-37(33-38)46(54)49-28-27-48-34-40-19-12-32-56-40)26-31-51-29-24-39(25-30-51)57-47(55)52(43-22-9-7-20-41(43)35-13-3-1-4-14-35)44-23-10-8-21-42(44)36-15-5-2-6-16-36/h1-23,32-33,39,48H,24-31,34H2,(H,49,54)(H,50,53). The lowest BCUT2D eigenvalue weighted by atomic mass is 10.00. The number of ether oxygens (including phenoxy) is 1. The van der Waals surface area contributed by atoms with Crippen LogP contribution in [0.25, 0.3) is 22.3 Å². The molecule has 290 valence electrons. The molecule has 0 atom stereocenters. The molecular formula is C47H47N5O5. The molecule has 1 aliphatic rings. The van der Waals surface area contributed by atoms with Gasteiger partial charge in [-0.25, -0.2) is 9.69 Å². The van der Waals surface area contributed by atoms with Gasteiger partial charge in [0, 0.05) is 61.5 Å². The van der Waals surface area contributed by atoms with Crippen LogP contribution in [0.2, 0.25) is 0 Å². The van der Waals surface area contributed by atoms with Crippen molar-refractivity contribution in [3.8, 4) is 22.3 Å². The molecule has 1 aliphatic heterocycles. The summed E-state index contributed by atoms with van der Waals surface area (Å²) in [4.78, 5) is 44.1. The topological polar surface area (TPSA) is 116 Å². The quantitative estimate of drug-likeness (QED) is 0.0896. The van der Waals surface area contributed by atoms with Crippen LogP contribution in [0, 0.1) is 0 Å². The van der Waals surface area contributed by atoms with Crippen molar-refractivity contribution in [2.45, 2.75) is 31.9 Å². The van der Waals surface area contributed by atoms with E-state index < -0.39 is 6.09 Å². The van der Waals surface area contributed by atoms with Crippen molar-refractivity contribution in [3.05, 3.63) is 163 Å². The predicted molar refractivity (Wildman–Crippen MR) is 224 cm³/mol. The van der Waals surface area contributed by atoms with Gasteiger partial charge >= 0.3 is 6.09 Å². The van der Waals surface area contributed by atoms with E-state index in [1.807, 2.05) is 121 Å². The molecule has 1 fully saturated rings. The third-order valence-electron chi connectivity index (χ3n) is 9.97. The van der Waals surface area contributed by atoms with Crippen molar-refractivity contribution < 1.29 is 23.5 Å². The number of para-hydroxylation sites is 2. The van der Waals surface area contributed by atoms with Crippen LogP contribution in [-0.4, -0.2) is 61.6 Å². The third kappa shape index (κ3) is 10.4. The van der Waals surface area contributed by atoms with Crippen molar-refractivity contribution in [2.24, 2.45) is 0 Å². The molecule has 0 bridgehead atoms. The predicted octanol–water partition coefficient (Wildman–Crippen LogP) is 8.90. The zero-order valence-electron chi connectivity index (χ0n) is 31.8. The van der Waals surface area contributed by atoms with E-state index in [1.54, 1.807) is 35.4 Å². The molecule has 0 unspecified atom stereocenters. The summed E-state index contributed by atoms with van der Waals surface area (Å²) in [5.74, 6) is 0.493. The van der Waals surface area contributed by atoms with Gasteiger partial charge in [0.25, 0.3) is 5.91 Å². The third-order valence-corrected chi connectivity index (χ3v) is 9.97. The van der Waals surface area contributed by atoms with Gasteiger partial charge in [0.2, 0.25) is 5.91 Å². The first-order valence-electron chi connectivity index (χ1n) is 19.4. The molecule has 5 aromatic carbocycles. The molecule has 0 aliphatic carbocycles. The minimum atomic E-state index is -0.433. The van der Waals surface area contributed by atoms with Crippen molar-refractivity contribution in [1.82, 2.24) is 15.5 Å². The highest BCUT2D eigenvalue weighted by Crippen LogP contribution is 2.40. The molecule has 0 spiro atoms. The first-order chi connectivity index (χ1) is 28.0. The lowest BCUT2D eigenvalue weighted by Crippen LogP contribution is -2.41. The number of piperidine rings is 1. The largest absolute Gasteiger partial charge is 0.468 e. The number of furan rings is 1. The van der Waals surface area contributed by atoms with Gasteiger partial charge in [0.1, 0.15) is 11.9 Å². The molecule has 3 amide bonds. The van der Waals surface area contributed by atoms with Crippen LogP contribution in [0.15, 0.2) is 156 Å². The lowest BCUT2D eigenvalue weighted by molar-refractivity contribution is -0.116. The Hall–Kier alpha value is -6.49. The minimum Gasteiger partial charge on any atom is -0.468 e. The fraction of sp³-hybridized carbons (Fsp3) is 0.213. The number of anilines is 3. The number of nitrogens with one attached hydrogen (secondary N) is 3. The van der Waals surface area contributed by atoms with Gasteiger partial charge in [0.05, 0.1) is 24.2 Å². The zero-order valence-corrected chi connectivity index (χ0v) is 31.8. The second-order valence-electron chi connectivity index (χ2n) is 13.9. The molecule has 1 saturated heterocycles. The van der Waals surface area contributed by atoms with Gasteiger partial charge in [-0.1, -0.05) is 103 Å². The monoisotopic (exact) mass is 761 g/mol. The maximum atomic E-state index is 14.4. The van der Waals surface area contributed by atoms with Crippen LogP contribution >= 0.6 is 0 Å². The number of amides is 3. The number of carbonyl (C=O) groups is 3. The van der Waals surface area contributed by atoms with Crippen LogP contribution < -0.4 is 20.9 Å². The van der Waals surface area contributed by atoms with Crippen LogP contribution in [0.4, 0.5) is 21.9 Å². The Balaban J connectivity index is 0.936. The Labute approximate surface area is 333 Å². The second kappa shape index (κ2) is 19.4. The first-order valence-corrected chi connectivity index (χ1v) is 19.4. The Morgan fingerprint density at radius 1 is 0.702 bits per heavy atom. The Bertz CT molecular complexity index is 2140. The Morgan fingerprint density at radius 2 is 1.33 bits per heavy atom. The van der Waals surface area contributed by atoms with Gasteiger partial charge in [-0.15, -0.1) is 0 Å². The molecule has 10 heteroatoms. The molecular weight excluding hydrogens is 715 g/mol. The highest BCUT2D eigenvalue weighted by Gasteiger charge is 2.29. The van der Waals surface area contributed by atoms with E-state index in [2.05, 4.69) is 20.9 Å². The zero-order chi connectivity index (χ0) is 39.2. The van der Waals surface area contributed by atoms with Crippen molar-refractivity contribution in [1.29, 1.82) is 0 Å². The molecule has 0 radical (unpaired) electrons. The van der Waals surface area contributed by atoms with Gasteiger partial charge in [-0.2, -0.15) is 0 Å². The molecule has 6 aromatic rings. The second-order valence-corrected chi connectivity index (χ2v) is 13.9. The number of likely N-dealkylation sites (tertiary alicyclic amines) is 1. The summed E-state index contributed by atoms with van der Waals surface area (Å²) >= 11 is 0. The van der Waals surface area contributed by atoms with Crippen molar-refractivity contribution in [2.75, 3.05) is 42.9 Å². The van der Waals surface area contributed by atoms with Crippen molar-refractivity contribution in [3.63, 3.8) is 0 Å². The smallest absolute Gasteiger partial charge is 0.419 e. The number of carbonyl (C=O) groups excluding carboxylic acids is 3. The van der Waals surface area contributed by atoms with Gasteiger partial charge in [-0.05, 0) is 66.4 Å². The maximum Gasteiger partial charge on any atom is 0.419 e. The molecule has 10 nitrogen and oxygen atoms in total. The number of rotatable bonds is 15. The summed E-state index contributed by atoms with van der Waals surface area (Å²) in [7, 11) is 0. The normalized spacial score (nSPS) is 13.1. The Kier molecular flexibility index (Phi) is 13.2. The summed E-state index contributed by atoms with van der Waals surface area (Å²) in [5, 5.41) is 9.06. The maximum absolute atomic E-state index is 14.4. The fourth-order valence-corrected chi connectivity index (χ4v) is 7.05. The number of nitrogens with zero attached hydrogens (tertiary/aromatic N) is 2. The highest BCUT2D eigenvalue weighted by atomic mass is 16.6. The van der Waals surface area contributed by atoms with E-state index in [9.17, 15) is 14.4 Å². The summed E-state index contributed by atoms with van der Waals surface area (Å²) in [6.45, 7) is 3.59. The molecule has 1 aromatic heterocycles. The Morgan fingerprint density at radius 3 is 1.96 bits per heavy atom. The number of hydrogen-bond donors (Lipinski definition) is 3. The summed E-state index contributed by atoms with van der Waals surface area (Å²) in [6.07, 6.45) is 2.51. The SMILES string of the molecule is O=C(CCN1CCC(OC(=O)N(c2ccccc2-c2ccccc2)c2ccccc2-c2ccccc2)CC1)Nc1cccc(C(=O)NCCNCc2ccco2)c1. The van der Waals surface area contributed by atoms with Crippen LogP contribution in [-0.2, 0) is 16.1 Å². The van der Waals surface area contributed by atoms with E-state index in [-0.39, 0.29) is 17.9 Å². The number of hydrogen-bond acceptors (Lipinski definition) is 7. The van der Waals surface area contributed by atoms with E-state index in [4.69, 9.17) is 9.15 Å². The van der Waals surface area contributed by atoms with Crippen LogP contribution in [0.3, 0.4) is 0 Å². The molecule has 7 rings (SSSR count). The molecule has 57 heavy (non-hydrogen) atoms. The first kappa shape index (κ1) is 38.8. The van der Waals surface area contributed by atoms with Gasteiger partial charge in [0.15, 0.2) is 0 Å². The average Bonchev–Trinajstić information content (AvgIpc) is 3.78. The van der Waals surface area contributed by atoms with Crippen LogP contribution in [0.5, 0.6) is 0 Å². The summed E-state index contributed by atoms with van der Waals surface area (Å²) < 4.78 is 11.6. The fourth-order valence-electron chi connectivity index (χ4n) is 7.05. The molecule has 3 N–H and O–H groups in total. The van der Waals surface area contributed by atoms with E-state index in [1.165, 1.54) is 0 Å². The van der Waals surface area contributed by atoms with E-state index >= 15 is 0 Å². The van der Waals surface area contributed by atoms with E-state index in [0.29, 0.717) is 69.8 Å². The van der Waals surface area contributed by atoms with Gasteiger partial charge in [-0.3, -0.25) is 9.59 Å². The molecule has 2 heterocycles. The van der Waals surface area contributed by atoms with Crippen LogP contribution in [0.1, 0.15) is 35.4 Å². The minimum absolute atomic E-state index is 0.131. The van der Waals surface area contributed by atoms with E-state index in [0.717, 1.165) is 39.4 Å². The summed E-state index contributed by atoms with van der Waals surface area (Å²) in [5.41, 5.74) is 6.36.